The molecule has 13 heteroatoms. The van der Waals surface area contributed by atoms with Gasteiger partial charge in [-0.3, -0.25) is 4.79 Å². The lowest BCUT2D eigenvalue weighted by Gasteiger charge is -2.28. The van der Waals surface area contributed by atoms with Crippen molar-refractivity contribution in [3.63, 3.8) is 0 Å². The second-order valence-corrected chi connectivity index (χ2v) is 8.06. The molecule has 0 aromatic heterocycles. The van der Waals surface area contributed by atoms with Crippen molar-refractivity contribution in [2.75, 3.05) is 34.5 Å². The molecule has 3 amide bonds. The van der Waals surface area contributed by atoms with Crippen molar-refractivity contribution in [2.24, 2.45) is 5.10 Å². The number of carbonyl (C=O) groups is 3. The van der Waals surface area contributed by atoms with Gasteiger partial charge in [-0.25, -0.2) is 15.0 Å². The highest BCUT2D eigenvalue weighted by Gasteiger charge is 2.32. The van der Waals surface area contributed by atoms with Crippen LogP contribution in [-0.4, -0.2) is 63.8 Å². The number of rotatable bonds is 11. The summed E-state index contributed by atoms with van der Waals surface area (Å²) in [4.78, 5) is 36.9. The molecule has 0 spiro atoms. The largest absolute Gasteiger partial charge is 0.502 e. The summed E-state index contributed by atoms with van der Waals surface area (Å²) in [6.45, 7) is 3.10. The van der Waals surface area contributed by atoms with E-state index in [0.717, 1.165) is 0 Å². The third-order valence-electron chi connectivity index (χ3n) is 5.55. The Bertz CT molecular complexity index is 1280. The monoisotopic (exact) mass is 542 g/mol. The number of carbonyl (C=O) groups excluding carboxylic acids is 3. The third-order valence-corrected chi connectivity index (χ3v) is 5.55. The van der Waals surface area contributed by atoms with Crippen molar-refractivity contribution in [3.05, 3.63) is 52.7 Å². The van der Waals surface area contributed by atoms with Crippen molar-refractivity contribution < 1.29 is 43.2 Å². The number of phenols is 1. The number of ether oxygens (including phenoxy) is 5. The summed E-state index contributed by atoms with van der Waals surface area (Å²) >= 11 is 0. The Labute approximate surface area is 224 Å². The maximum absolute atomic E-state index is 12.5. The van der Waals surface area contributed by atoms with Crippen molar-refractivity contribution in [1.29, 1.82) is 0 Å². The fraction of sp³-hybridized carbons (Fsp3) is 0.308. The molecule has 0 unspecified atom stereocenters. The van der Waals surface area contributed by atoms with Crippen LogP contribution in [-0.2, 0) is 14.3 Å². The number of amides is 3. The highest BCUT2D eigenvalue weighted by Crippen LogP contribution is 2.37. The van der Waals surface area contributed by atoms with Gasteiger partial charge in [0.2, 0.25) is 5.75 Å². The number of hydrogen-bond acceptors (Lipinski definition) is 10. The summed E-state index contributed by atoms with van der Waals surface area (Å²) in [5.74, 6) is -0.361. The average Bonchev–Trinajstić information content (AvgIpc) is 2.92. The second kappa shape index (κ2) is 13.0. The van der Waals surface area contributed by atoms with Crippen LogP contribution in [0, 0.1) is 0 Å². The van der Waals surface area contributed by atoms with Crippen LogP contribution in [0.3, 0.4) is 0 Å². The molecule has 0 radical (unpaired) electrons. The van der Waals surface area contributed by atoms with E-state index < -0.39 is 23.9 Å². The number of methoxy groups -OCH3 is 3. The first kappa shape index (κ1) is 28.6. The Morgan fingerprint density at radius 1 is 1.05 bits per heavy atom. The van der Waals surface area contributed by atoms with Gasteiger partial charge < -0.3 is 39.4 Å². The number of benzene rings is 2. The molecule has 0 bridgehead atoms. The third kappa shape index (κ3) is 6.89. The molecule has 39 heavy (non-hydrogen) atoms. The first-order valence-corrected chi connectivity index (χ1v) is 11.7. The van der Waals surface area contributed by atoms with Gasteiger partial charge in [0.25, 0.3) is 5.91 Å². The number of aromatic hydroxyl groups is 1. The molecule has 13 nitrogen and oxygen atoms in total. The molecule has 1 aliphatic rings. The van der Waals surface area contributed by atoms with Crippen LogP contribution < -0.4 is 35.0 Å². The summed E-state index contributed by atoms with van der Waals surface area (Å²) < 4.78 is 26.3. The SMILES string of the molecule is CCOC(=O)C1=C(C)NC(=O)N[C@H]1c1ccc(OCC(=O)N/N=C\c2cc(OC)c(O)c(OC)c2)c(OC)c1. The number of nitrogens with zero attached hydrogens (tertiary/aromatic N) is 1. The minimum absolute atomic E-state index is 0.152. The maximum Gasteiger partial charge on any atom is 0.338 e. The van der Waals surface area contributed by atoms with Gasteiger partial charge in [-0.2, -0.15) is 5.10 Å². The van der Waals surface area contributed by atoms with E-state index in [-0.39, 0.29) is 47.5 Å². The molecule has 2 aromatic rings. The van der Waals surface area contributed by atoms with Crippen molar-refractivity contribution in [2.45, 2.75) is 19.9 Å². The molecule has 208 valence electrons. The summed E-state index contributed by atoms with van der Waals surface area (Å²) in [6.07, 6.45) is 1.35. The molecule has 4 N–H and O–H groups in total. The highest BCUT2D eigenvalue weighted by atomic mass is 16.5. The predicted octanol–water partition coefficient (Wildman–Crippen LogP) is 2.14. The van der Waals surface area contributed by atoms with Gasteiger partial charge in [0.05, 0.1) is 45.8 Å². The van der Waals surface area contributed by atoms with Gasteiger partial charge in [0.1, 0.15) is 0 Å². The molecule has 3 rings (SSSR count). The van der Waals surface area contributed by atoms with E-state index in [1.54, 1.807) is 32.0 Å². The number of hydrazone groups is 1. The van der Waals surface area contributed by atoms with Crippen LogP contribution in [0.4, 0.5) is 4.79 Å². The molecule has 0 fully saturated rings. The van der Waals surface area contributed by atoms with Gasteiger partial charge in [-0.1, -0.05) is 6.07 Å². The number of esters is 1. The van der Waals surface area contributed by atoms with Gasteiger partial charge in [0.15, 0.2) is 29.6 Å². The van der Waals surface area contributed by atoms with Gasteiger partial charge in [-0.15, -0.1) is 0 Å². The normalized spacial score (nSPS) is 14.8. The Morgan fingerprint density at radius 2 is 1.72 bits per heavy atom. The summed E-state index contributed by atoms with van der Waals surface area (Å²) in [6, 6.07) is 6.59. The minimum atomic E-state index is -0.782. The quantitative estimate of drug-likeness (QED) is 0.189. The molecule has 2 aromatic carbocycles. The summed E-state index contributed by atoms with van der Waals surface area (Å²) in [5, 5.41) is 19.2. The van der Waals surface area contributed by atoms with E-state index >= 15 is 0 Å². The molecule has 1 atom stereocenters. The Kier molecular flexibility index (Phi) is 9.57. The molecule has 0 saturated heterocycles. The lowest BCUT2D eigenvalue weighted by Crippen LogP contribution is -2.45. The molecular weight excluding hydrogens is 512 g/mol. The maximum atomic E-state index is 12.5. The van der Waals surface area contributed by atoms with Gasteiger partial charge >= 0.3 is 12.0 Å². The minimum Gasteiger partial charge on any atom is -0.502 e. The van der Waals surface area contributed by atoms with Crippen molar-refractivity contribution in [3.8, 4) is 28.7 Å². The predicted molar refractivity (Wildman–Crippen MR) is 139 cm³/mol. The number of urea groups is 1. The van der Waals surface area contributed by atoms with Crippen LogP contribution in [0.2, 0.25) is 0 Å². The zero-order valence-electron chi connectivity index (χ0n) is 22.1. The average molecular weight is 543 g/mol. The van der Waals surface area contributed by atoms with E-state index in [2.05, 4.69) is 21.2 Å². The van der Waals surface area contributed by atoms with Crippen LogP contribution in [0.5, 0.6) is 28.7 Å². The molecule has 0 saturated carbocycles. The first-order valence-electron chi connectivity index (χ1n) is 11.7. The van der Waals surface area contributed by atoms with Crippen molar-refractivity contribution in [1.82, 2.24) is 16.1 Å². The highest BCUT2D eigenvalue weighted by molar-refractivity contribution is 5.95. The molecular formula is C26H30N4O9. The van der Waals surface area contributed by atoms with Gasteiger partial charge in [-0.05, 0) is 43.7 Å². The zero-order valence-corrected chi connectivity index (χ0v) is 22.1. The Hall–Kier alpha value is -4.94. The summed E-state index contributed by atoms with van der Waals surface area (Å²) in [5.41, 5.74) is 4.03. The lowest BCUT2D eigenvalue weighted by molar-refractivity contribution is -0.139. The fourth-order valence-electron chi connectivity index (χ4n) is 3.75. The topological polar surface area (TPSA) is 166 Å². The smallest absolute Gasteiger partial charge is 0.338 e. The van der Waals surface area contributed by atoms with Crippen LogP contribution >= 0.6 is 0 Å². The van der Waals surface area contributed by atoms with Crippen molar-refractivity contribution >= 4 is 24.1 Å². The van der Waals surface area contributed by atoms with Crippen LogP contribution in [0.1, 0.15) is 31.0 Å². The first-order chi connectivity index (χ1) is 18.7. The standard InChI is InChI=1S/C26H30N4O9/c1-6-38-25(33)22-14(2)28-26(34)29-23(22)16-7-8-17(18(11-16)35-3)39-13-21(31)30-27-12-15-9-19(36-4)24(32)20(10-15)37-5/h7-12,23,32H,6,13H2,1-5H3,(H,30,31)(H2,28,29,34)/b27-12-/t23-/m0/s1. The van der Waals surface area contributed by atoms with Crippen LogP contribution in [0.25, 0.3) is 0 Å². The van der Waals surface area contributed by atoms with Gasteiger partial charge in [0, 0.05) is 11.3 Å². The number of phenolic OH excluding ortho intramolecular Hbond substituents is 1. The Morgan fingerprint density at radius 3 is 2.33 bits per heavy atom. The summed E-state index contributed by atoms with van der Waals surface area (Å²) in [7, 11) is 4.22. The fourth-order valence-corrected chi connectivity index (χ4v) is 3.75. The van der Waals surface area contributed by atoms with Crippen LogP contribution in [0.15, 0.2) is 46.7 Å². The Balaban J connectivity index is 1.69. The lowest BCUT2D eigenvalue weighted by atomic mass is 9.95. The molecule has 1 aliphatic heterocycles. The molecule has 1 heterocycles. The van der Waals surface area contributed by atoms with E-state index in [1.165, 1.54) is 39.7 Å². The number of allylic oxidation sites excluding steroid dienone is 1. The molecule has 0 aliphatic carbocycles. The van der Waals surface area contributed by atoms with E-state index in [4.69, 9.17) is 23.7 Å². The van der Waals surface area contributed by atoms with E-state index in [1.807, 2.05) is 0 Å². The number of hydrogen-bond donors (Lipinski definition) is 4. The number of nitrogens with one attached hydrogen (secondary N) is 3. The second-order valence-electron chi connectivity index (χ2n) is 8.06. The van der Waals surface area contributed by atoms with E-state index in [9.17, 15) is 19.5 Å². The van der Waals surface area contributed by atoms with E-state index in [0.29, 0.717) is 16.8 Å². The zero-order chi connectivity index (χ0) is 28.5.